The van der Waals surface area contributed by atoms with Gasteiger partial charge in [-0.25, -0.2) is 9.97 Å². The molecule has 5 rings (SSSR count). The van der Waals surface area contributed by atoms with Crippen molar-refractivity contribution in [2.75, 3.05) is 5.32 Å². The van der Waals surface area contributed by atoms with Crippen molar-refractivity contribution in [3.05, 3.63) is 100 Å². The van der Waals surface area contributed by atoms with Gasteiger partial charge < -0.3 is 0 Å². The highest BCUT2D eigenvalue weighted by molar-refractivity contribution is 7.14. The fourth-order valence-electron chi connectivity index (χ4n) is 3.50. The Hall–Kier alpha value is -3.54. The van der Waals surface area contributed by atoms with Gasteiger partial charge in [-0.1, -0.05) is 71.8 Å². The number of pyridine rings is 1. The van der Waals surface area contributed by atoms with Crippen LogP contribution in [0, 0.1) is 6.92 Å². The van der Waals surface area contributed by atoms with E-state index in [0.717, 1.165) is 22.5 Å². The minimum absolute atomic E-state index is 0.248. The number of carbonyl (C=O) groups is 1. The van der Waals surface area contributed by atoms with Gasteiger partial charge >= 0.3 is 0 Å². The number of carbonyl (C=O) groups excluding carboxylic acids is 1. The fourth-order valence-corrected chi connectivity index (χ4v) is 4.38. The lowest BCUT2D eigenvalue weighted by molar-refractivity contribution is 0.102. The lowest BCUT2D eigenvalue weighted by Gasteiger charge is -2.10. The topological polar surface area (TPSA) is 54.9 Å². The Morgan fingerprint density at radius 2 is 1.62 bits per heavy atom. The normalized spacial score (nSPS) is 10.9. The lowest BCUT2D eigenvalue weighted by atomic mass is 10.0. The average Bonchev–Trinajstić information content (AvgIpc) is 3.27. The molecule has 0 aliphatic rings. The number of halogens is 1. The molecule has 2 aromatic heterocycles. The molecule has 156 valence electrons. The summed E-state index contributed by atoms with van der Waals surface area (Å²) < 4.78 is 0. The Bertz CT molecular complexity index is 1430. The molecule has 6 heteroatoms. The van der Waals surface area contributed by atoms with Gasteiger partial charge in [0, 0.05) is 26.9 Å². The van der Waals surface area contributed by atoms with Crippen LogP contribution in [0.2, 0.25) is 5.02 Å². The molecular formula is C26H18ClN3OS. The standard InChI is InChI=1S/C26H18ClN3OS/c1-16-7-9-18(10-8-16)24-15-32-26(29-24)30-25(31)21-14-23(17-5-3-2-4-6-17)28-22-12-11-19(27)13-20(21)22/h2-15H,1H3,(H,29,30,31). The van der Waals surface area contributed by atoms with E-state index in [1.165, 1.54) is 16.9 Å². The third-order valence-electron chi connectivity index (χ3n) is 5.16. The van der Waals surface area contributed by atoms with Crippen molar-refractivity contribution in [2.45, 2.75) is 6.92 Å². The van der Waals surface area contributed by atoms with Gasteiger partial charge in [-0.3, -0.25) is 10.1 Å². The quantitative estimate of drug-likeness (QED) is 0.310. The van der Waals surface area contributed by atoms with Crippen LogP contribution in [-0.2, 0) is 0 Å². The first-order chi connectivity index (χ1) is 15.6. The second-order valence-electron chi connectivity index (χ2n) is 7.44. The van der Waals surface area contributed by atoms with E-state index in [-0.39, 0.29) is 5.91 Å². The van der Waals surface area contributed by atoms with E-state index in [2.05, 4.69) is 10.3 Å². The second kappa shape index (κ2) is 8.54. The minimum Gasteiger partial charge on any atom is -0.298 e. The van der Waals surface area contributed by atoms with Crippen LogP contribution in [0.25, 0.3) is 33.4 Å². The number of hydrogen-bond acceptors (Lipinski definition) is 4. The molecule has 0 saturated heterocycles. The van der Waals surface area contributed by atoms with Crippen LogP contribution in [0.3, 0.4) is 0 Å². The Balaban J connectivity index is 1.51. The summed E-state index contributed by atoms with van der Waals surface area (Å²) >= 11 is 7.62. The van der Waals surface area contributed by atoms with Crippen molar-refractivity contribution in [2.24, 2.45) is 0 Å². The van der Waals surface area contributed by atoms with Gasteiger partial charge in [-0.2, -0.15) is 0 Å². The number of nitrogens with zero attached hydrogens (tertiary/aromatic N) is 2. The molecule has 2 heterocycles. The molecule has 0 spiro atoms. The molecule has 0 radical (unpaired) electrons. The van der Waals surface area contributed by atoms with Crippen LogP contribution in [0.4, 0.5) is 5.13 Å². The summed E-state index contributed by atoms with van der Waals surface area (Å²) in [6, 6.07) is 25.1. The molecular weight excluding hydrogens is 438 g/mol. The number of benzene rings is 3. The monoisotopic (exact) mass is 455 g/mol. The third kappa shape index (κ3) is 4.13. The molecule has 32 heavy (non-hydrogen) atoms. The van der Waals surface area contributed by atoms with Crippen molar-refractivity contribution in [1.82, 2.24) is 9.97 Å². The number of aryl methyl sites for hydroxylation is 1. The van der Waals surface area contributed by atoms with Crippen molar-refractivity contribution in [3.8, 4) is 22.5 Å². The van der Waals surface area contributed by atoms with Gasteiger partial charge in [0.2, 0.25) is 0 Å². The number of nitrogens with one attached hydrogen (secondary N) is 1. The summed E-state index contributed by atoms with van der Waals surface area (Å²) in [5.41, 5.74) is 5.91. The molecule has 0 fully saturated rings. The van der Waals surface area contributed by atoms with E-state index in [9.17, 15) is 4.79 Å². The molecule has 3 aromatic carbocycles. The third-order valence-corrected chi connectivity index (χ3v) is 6.15. The SMILES string of the molecule is Cc1ccc(-c2csc(NC(=O)c3cc(-c4ccccc4)nc4ccc(Cl)cc34)n2)cc1. The largest absolute Gasteiger partial charge is 0.298 e. The van der Waals surface area contributed by atoms with Gasteiger partial charge in [-0.05, 0) is 31.2 Å². The number of rotatable bonds is 4. The van der Waals surface area contributed by atoms with Gasteiger partial charge in [0.1, 0.15) is 0 Å². The highest BCUT2D eigenvalue weighted by Gasteiger charge is 2.16. The molecule has 5 aromatic rings. The summed E-state index contributed by atoms with van der Waals surface area (Å²) in [5.74, 6) is -0.248. The molecule has 0 aliphatic heterocycles. The molecule has 0 aliphatic carbocycles. The van der Waals surface area contributed by atoms with E-state index in [4.69, 9.17) is 16.6 Å². The zero-order valence-corrected chi connectivity index (χ0v) is 18.7. The Morgan fingerprint density at radius 3 is 2.41 bits per heavy atom. The maximum Gasteiger partial charge on any atom is 0.258 e. The number of amides is 1. The molecule has 1 N–H and O–H groups in total. The van der Waals surface area contributed by atoms with Crippen LogP contribution >= 0.6 is 22.9 Å². The number of hydrogen-bond donors (Lipinski definition) is 1. The summed E-state index contributed by atoms with van der Waals surface area (Å²) in [6.07, 6.45) is 0. The van der Waals surface area contributed by atoms with Gasteiger partial charge in [0.15, 0.2) is 5.13 Å². The smallest absolute Gasteiger partial charge is 0.258 e. The van der Waals surface area contributed by atoms with Gasteiger partial charge in [0.25, 0.3) is 5.91 Å². The Morgan fingerprint density at radius 1 is 0.875 bits per heavy atom. The zero-order chi connectivity index (χ0) is 22.1. The van der Waals surface area contributed by atoms with Gasteiger partial charge in [-0.15, -0.1) is 11.3 Å². The molecule has 0 unspecified atom stereocenters. The van der Waals surface area contributed by atoms with Crippen LogP contribution in [0.5, 0.6) is 0 Å². The minimum atomic E-state index is -0.248. The highest BCUT2D eigenvalue weighted by Crippen LogP contribution is 2.29. The molecule has 1 amide bonds. The zero-order valence-electron chi connectivity index (χ0n) is 17.2. The molecule has 0 saturated carbocycles. The number of anilines is 1. The second-order valence-corrected chi connectivity index (χ2v) is 8.74. The predicted octanol–water partition coefficient (Wildman–Crippen LogP) is 7.24. The highest BCUT2D eigenvalue weighted by atomic mass is 35.5. The lowest BCUT2D eigenvalue weighted by Crippen LogP contribution is -2.13. The summed E-state index contributed by atoms with van der Waals surface area (Å²) in [5, 5.41) is 6.68. The number of thiazole rings is 1. The first-order valence-corrected chi connectivity index (χ1v) is 11.3. The summed E-state index contributed by atoms with van der Waals surface area (Å²) in [7, 11) is 0. The maximum absolute atomic E-state index is 13.3. The molecule has 4 nitrogen and oxygen atoms in total. The van der Waals surface area contributed by atoms with Crippen molar-refractivity contribution >= 4 is 44.9 Å². The number of aromatic nitrogens is 2. The summed E-state index contributed by atoms with van der Waals surface area (Å²) in [4.78, 5) is 22.6. The van der Waals surface area contributed by atoms with Crippen LogP contribution in [0.1, 0.15) is 15.9 Å². The van der Waals surface area contributed by atoms with E-state index in [0.29, 0.717) is 26.6 Å². The molecule has 0 bridgehead atoms. The first kappa shape index (κ1) is 20.4. The van der Waals surface area contributed by atoms with Crippen LogP contribution in [0.15, 0.2) is 84.2 Å². The Labute approximate surface area is 194 Å². The fraction of sp³-hybridized carbons (Fsp3) is 0.0385. The first-order valence-electron chi connectivity index (χ1n) is 10.1. The van der Waals surface area contributed by atoms with Crippen molar-refractivity contribution < 1.29 is 4.79 Å². The Kier molecular flexibility index (Phi) is 5.43. The maximum atomic E-state index is 13.3. The van der Waals surface area contributed by atoms with Gasteiger partial charge in [0.05, 0.1) is 22.5 Å². The van der Waals surface area contributed by atoms with Crippen molar-refractivity contribution in [1.29, 1.82) is 0 Å². The summed E-state index contributed by atoms with van der Waals surface area (Å²) in [6.45, 7) is 2.05. The van der Waals surface area contributed by atoms with E-state index in [1.807, 2.05) is 73.0 Å². The average molecular weight is 456 g/mol. The molecule has 0 atom stereocenters. The van der Waals surface area contributed by atoms with Crippen molar-refractivity contribution in [3.63, 3.8) is 0 Å². The number of fused-ring (bicyclic) bond motifs is 1. The van der Waals surface area contributed by atoms with E-state index >= 15 is 0 Å². The van der Waals surface area contributed by atoms with Crippen LogP contribution < -0.4 is 5.32 Å². The van der Waals surface area contributed by atoms with E-state index < -0.39 is 0 Å². The van der Waals surface area contributed by atoms with Crippen LogP contribution in [-0.4, -0.2) is 15.9 Å². The van der Waals surface area contributed by atoms with E-state index in [1.54, 1.807) is 18.2 Å². The predicted molar refractivity (Wildman–Crippen MR) is 132 cm³/mol.